The Balaban J connectivity index is 1.61. The molecule has 4 atom stereocenters. The van der Waals surface area contributed by atoms with Gasteiger partial charge in [0.15, 0.2) is 17.6 Å². The summed E-state index contributed by atoms with van der Waals surface area (Å²) in [6.07, 6.45) is -8.11. The molecule has 4 rings (SSSR count). The molecule has 1 amide bonds. The van der Waals surface area contributed by atoms with Gasteiger partial charge in [-0.25, -0.2) is 13.3 Å². The molecule has 0 saturated carbocycles. The molecule has 2 aromatic carbocycles. The van der Waals surface area contributed by atoms with Crippen molar-refractivity contribution >= 4 is 19.5 Å². The minimum absolute atomic E-state index is 0.0525. The van der Waals surface area contributed by atoms with Crippen molar-refractivity contribution < 1.29 is 51.5 Å². The van der Waals surface area contributed by atoms with Crippen molar-refractivity contribution in [2.45, 2.75) is 50.7 Å². The molecular weight excluding hydrogens is 527 g/mol. The topological polar surface area (TPSA) is 132 Å². The van der Waals surface area contributed by atoms with Crippen LogP contribution >= 0.6 is 7.82 Å². The summed E-state index contributed by atoms with van der Waals surface area (Å²) in [7, 11) is -4.69. The number of allylic oxidation sites excluding steroid dienone is 1. The van der Waals surface area contributed by atoms with E-state index in [1.54, 1.807) is 24.3 Å². The van der Waals surface area contributed by atoms with Gasteiger partial charge < -0.3 is 24.0 Å². The van der Waals surface area contributed by atoms with Crippen LogP contribution in [0.1, 0.15) is 17.5 Å². The number of alkyl halides is 2. The van der Waals surface area contributed by atoms with Gasteiger partial charge in [0.1, 0.15) is 23.7 Å². The highest BCUT2D eigenvalue weighted by molar-refractivity contribution is 7.49. The lowest BCUT2D eigenvalue weighted by Gasteiger charge is -2.33. The first-order valence-electron chi connectivity index (χ1n) is 11.5. The van der Waals surface area contributed by atoms with Crippen LogP contribution in [0, 0.1) is 13.8 Å². The molecule has 0 bridgehead atoms. The third kappa shape index (κ3) is 5.79. The van der Waals surface area contributed by atoms with E-state index in [4.69, 9.17) is 18.3 Å². The van der Waals surface area contributed by atoms with Gasteiger partial charge in [-0.1, -0.05) is 35.4 Å². The van der Waals surface area contributed by atoms with Gasteiger partial charge in [-0.3, -0.25) is 19.0 Å². The van der Waals surface area contributed by atoms with Gasteiger partial charge in [0, 0.05) is 6.20 Å². The number of halogens is 2. The number of ketones is 1. The Morgan fingerprint density at radius 3 is 2.03 bits per heavy atom. The number of aliphatic hydroxyl groups excluding tert-OH is 2. The number of carbonyl (C=O) groups is 2. The van der Waals surface area contributed by atoms with E-state index in [1.165, 1.54) is 24.3 Å². The van der Waals surface area contributed by atoms with Gasteiger partial charge in [0.05, 0.1) is 13.0 Å². The fourth-order valence-electron chi connectivity index (χ4n) is 3.87. The van der Waals surface area contributed by atoms with Gasteiger partial charge >= 0.3 is 7.82 Å². The Bertz CT molecular complexity index is 1200. The van der Waals surface area contributed by atoms with Crippen LogP contribution in [0.2, 0.25) is 0 Å². The first kappa shape index (κ1) is 27.9. The first-order valence-corrected chi connectivity index (χ1v) is 13.0. The number of aliphatic hydroxyl groups is 2. The lowest BCUT2D eigenvalue weighted by atomic mass is 9.96. The number of carbonyl (C=O) groups excluding carboxylic acids is 2. The van der Waals surface area contributed by atoms with Crippen LogP contribution in [0.25, 0.3) is 0 Å². The number of phosphoric acid groups is 1. The number of benzene rings is 2. The number of ether oxygens (including phenoxy) is 1. The van der Waals surface area contributed by atoms with Crippen molar-refractivity contribution in [1.82, 2.24) is 4.90 Å². The Kier molecular flexibility index (Phi) is 8.01. The number of hydrogen-bond acceptors (Lipinski definition) is 9. The maximum atomic E-state index is 14.4. The van der Waals surface area contributed by atoms with E-state index in [-0.39, 0.29) is 11.5 Å². The Hall–Kier alpha value is -3.15. The van der Waals surface area contributed by atoms with Crippen LogP contribution in [0.15, 0.2) is 60.8 Å². The van der Waals surface area contributed by atoms with Crippen LogP contribution in [0.4, 0.5) is 8.78 Å². The summed E-state index contributed by atoms with van der Waals surface area (Å²) in [5.41, 5.74) is -1.19. The van der Waals surface area contributed by atoms with Crippen LogP contribution in [0.5, 0.6) is 11.5 Å². The molecule has 0 spiro atoms. The molecule has 2 N–H and O–H groups in total. The predicted molar refractivity (Wildman–Crippen MR) is 128 cm³/mol. The fourth-order valence-corrected chi connectivity index (χ4v) is 5.14. The molecule has 2 aliphatic rings. The van der Waals surface area contributed by atoms with E-state index in [0.717, 1.165) is 28.3 Å². The SMILES string of the molecule is Cc1ccc(OP(=O)(OC[C@@]2(C(F)F)O[C@@H](N3C=CC(=O)CC3=O)[C@H](O)[C@@H]2O)Oc2ccc(C)cc2)cc1. The molecule has 10 nitrogen and oxygen atoms in total. The van der Waals surface area contributed by atoms with Gasteiger partial charge in [0.2, 0.25) is 5.91 Å². The zero-order valence-electron chi connectivity index (χ0n) is 20.4. The summed E-state index contributed by atoms with van der Waals surface area (Å²) in [6.45, 7) is 2.38. The number of rotatable bonds is 9. The third-order valence-electron chi connectivity index (χ3n) is 6.06. The molecule has 2 heterocycles. The molecule has 1 saturated heterocycles. The van der Waals surface area contributed by atoms with Crippen molar-refractivity contribution in [3.63, 3.8) is 0 Å². The lowest BCUT2D eigenvalue weighted by Crippen LogP contribution is -2.52. The normalized spacial score (nSPS) is 25.8. The van der Waals surface area contributed by atoms with Gasteiger partial charge in [0.25, 0.3) is 6.43 Å². The molecule has 0 aliphatic carbocycles. The van der Waals surface area contributed by atoms with Gasteiger partial charge in [-0.2, -0.15) is 0 Å². The summed E-state index contributed by atoms with van der Waals surface area (Å²) in [5, 5.41) is 21.1. The highest BCUT2D eigenvalue weighted by atomic mass is 31.2. The smallest absolute Gasteiger partial charge is 0.395 e. The van der Waals surface area contributed by atoms with Gasteiger partial charge in [-0.15, -0.1) is 0 Å². The third-order valence-corrected chi connectivity index (χ3v) is 7.37. The summed E-state index contributed by atoms with van der Waals surface area (Å²) < 4.78 is 64.1. The maximum absolute atomic E-state index is 14.4. The van der Waals surface area contributed by atoms with E-state index < -0.39 is 63.0 Å². The average Bonchev–Trinajstić information content (AvgIpc) is 3.12. The summed E-state index contributed by atoms with van der Waals surface area (Å²) in [6, 6.07) is 12.5. The van der Waals surface area contributed by atoms with E-state index in [1.807, 2.05) is 13.8 Å². The Morgan fingerprint density at radius 2 is 1.55 bits per heavy atom. The number of aryl methyl sites for hydroxylation is 2. The lowest BCUT2D eigenvalue weighted by molar-refractivity contribution is -0.200. The number of phosphoric ester groups is 1. The minimum atomic E-state index is -4.69. The van der Waals surface area contributed by atoms with Gasteiger partial charge in [-0.05, 0) is 44.2 Å². The van der Waals surface area contributed by atoms with Crippen molar-refractivity contribution in [2.24, 2.45) is 0 Å². The number of hydrogen-bond donors (Lipinski definition) is 2. The van der Waals surface area contributed by atoms with Crippen molar-refractivity contribution in [3.8, 4) is 11.5 Å². The van der Waals surface area contributed by atoms with E-state index in [0.29, 0.717) is 0 Å². The van der Waals surface area contributed by atoms with Crippen LogP contribution < -0.4 is 9.05 Å². The van der Waals surface area contributed by atoms with Crippen molar-refractivity contribution in [3.05, 3.63) is 71.9 Å². The summed E-state index contributed by atoms with van der Waals surface area (Å²) in [4.78, 5) is 24.5. The molecule has 13 heteroatoms. The molecule has 0 aromatic heterocycles. The molecule has 38 heavy (non-hydrogen) atoms. The molecule has 204 valence electrons. The van der Waals surface area contributed by atoms with Crippen molar-refractivity contribution in [2.75, 3.05) is 6.61 Å². The largest absolute Gasteiger partial charge is 0.587 e. The average molecular weight is 553 g/mol. The zero-order valence-corrected chi connectivity index (χ0v) is 21.3. The van der Waals surface area contributed by atoms with Crippen LogP contribution in [-0.2, 0) is 23.4 Å². The van der Waals surface area contributed by atoms with E-state index in [9.17, 15) is 33.1 Å². The second kappa shape index (κ2) is 10.9. The highest BCUT2D eigenvalue weighted by Gasteiger charge is 2.62. The van der Waals surface area contributed by atoms with Crippen molar-refractivity contribution in [1.29, 1.82) is 0 Å². The number of amides is 1. The van der Waals surface area contributed by atoms with E-state index >= 15 is 0 Å². The van der Waals surface area contributed by atoms with Crippen LogP contribution in [-0.4, -0.2) is 63.9 Å². The molecule has 0 unspecified atom stereocenters. The summed E-state index contributed by atoms with van der Waals surface area (Å²) >= 11 is 0. The first-order chi connectivity index (χ1) is 17.9. The zero-order chi connectivity index (χ0) is 27.7. The quantitative estimate of drug-likeness (QED) is 0.355. The standard InChI is InChI=1S/C25H26F2NO9P/c1-15-3-7-18(8-4-15)36-38(33,37-19-9-5-16(2)6-10-19)34-14-25(24(26)27)22(32)21(31)23(35-25)28-12-11-17(29)13-20(28)30/h3-12,21-24,31-32H,13-14H2,1-2H3/t21-,22+,23-,25-/m1/s1. The predicted octanol–water partition coefficient (Wildman–Crippen LogP) is 3.28. The minimum Gasteiger partial charge on any atom is -0.395 e. The monoisotopic (exact) mass is 553 g/mol. The molecule has 0 radical (unpaired) electrons. The Morgan fingerprint density at radius 1 is 1.03 bits per heavy atom. The molecular formula is C25H26F2NO9P. The summed E-state index contributed by atoms with van der Waals surface area (Å²) in [5.74, 6) is -1.24. The molecule has 1 fully saturated rings. The second-order valence-electron chi connectivity index (χ2n) is 8.99. The maximum Gasteiger partial charge on any atom is 0.587 e. The molecule has 2 aromatic rings. The second-order valence-corrected chi connectivity index (χ2v) is 10.5. The molecule has 2 aliphatic heterocycles. The highest BCUT2D eigenvalue weighted by Crippen LogP contribution is 2.52. The Labute approximate surface area is 217 Å². The van der Waals surface area contributed by atoms with Crippen LogP contribution in [0.3, 0.4) is 0 Å². The fraction of sp³-hybridized carbons (Fsp3) is 0.360. The number of nitrogens with zero attached hydrogens (tertiary/aromatic N) is 1. The van der Waals surface area contributed by atoms with E-state index in [2.05, 4.69) is 0 Å².